The second kappa shape index (κ2) is 7.18. The van der Waals surface area contributed by atoms with Gasteiger partial charge in [-0.2, -0.15) is 8.78 Å². The van der Waals surface area contributed by atoms with Gasteiger partial charge in [0.1, 0.15) is 11.5 Å². The molecule has 0 aliphatic carbocycles. The summed E-state index contributed by atoms with van der Waals surface area (Å²) in [5, 5.41) is 15.0. The Balaban J connectivity index is 1.70. The van der Waals surface area contributed by atoms with Gasteiger partial charge in [0.15, 0.2) is 0 Å². The predicted molar refractivity (Wildman–Crippen MR) is 93.0 cm³/mol. The molecule has 0 bridgehead atoms. The number of nitrogens with zero attached hydrogens (tertiary/aromatic N) is 4. The van der Waals surface area contributed by atoms with Crippen molar-refractivity contribution in [1.29, 1.82) is 0 Å². The van der Waals surface area contributed by atoms with Gasteiger partial charge in [0, 0.05) is 5.56 Å². The van der Waals surface area contributed by atoms with E-state index < -0.39 is 6.61 Å². The van der Waals surface area contributed by atoms with Crippen LogP contribution in [-0.2, 0) is 0 Å². The molecule has 9 heteroatoms. The van der Waals surface area contributed by atoms with Gasteiger partial charge in [-0.25, -0.2) is 4.68 Å². The van der Waals surface area contributed by atoms with Crippen molar-refractivity contribution in [3.63, 3.8) is 0 Å². The van der Waals surface area contributed by atoms with Gasteiger partial charge in [-0.05, 0) is 40.6 Å². The molecule has 2 atom stereocenters. The van der Waals surface area contributed by atoms with Crippen molar-refractivity contribution in [3.05, 3.63) is 59.7 Å². The zero-order chi connectivity index (χ0) is 18.8. The summed E-state index contributed by atoms with van der Waals surface area (Å²) >= 11 is 0. The molecule has 140 valence electrons. The molecule has 2 aromatic carbocycles. The lowest BCUT2D eigenvalue weighted by molar-refractivity contribution is -0.0507. The molecule has 3 aromatic rings. The highest BCUT2D eigenvalue weighted by Gasteiger charge is 2.32. The molecule has 4 rings (SSSR count). The fraction of sp³-hybridized carbons (Fsp3) is 0.278. The molecule has 0 saturated heterocycles. The standard InChI is InChI=1S/C18H17F2N5O2/c1-26-12-8-6-11(7-9-12)14-10-15(25-18(21-14)22-23-24-25)13-4-2-3-5-16(13)27-17(19)20/h2-9,14-15,17H,10H2,1H3,(H,21,22,24)/t14-,15-/m1/s1. The van der Waals surface area contributed by atoms with E-state index in [9.17, 15) is 8.78 Å². The number of ether oxygens (including phenoxy) is 2. The summed E-state index contributed by atoms with van der Waals surface area (Å²) < 4.78 is 37.1. The van der Waals surface area contributed by atoms with Crippen molar-refractivity contribution < 1.29 is 18.3 Å². The molecule has 1 aromatic heterocycles. The number of aromatic nitrogens is 4. The first kappa shape index (κ1) is 17.2. The molecule has 0 saturated carbocycles. The Labute approximate surface area is 153 Å². The largest absolute Gasteiger partial charge is 0.497 e. The van der Waals surface area contributed by atoms with Crippen molar-refractivity contribution in [1.82, 2.24) is 20.2 Å². The van der Waals surface area contributed by atoms with Crippen LogP contribution in [0.25, 0.3) is 0 Å². The SMILES string of the molecule is COc1ccc([C@H]2C[C@H](c3ccccc3OC(F)F)n3nnnc3N2)cc1. The second-order valence-corrected chi connectivity index (χ2v) is 6.08. The zero-order valence-electron chi connectivity index (χ0n) is 14.4. The van der Waals surface area contributed by atoms with E-state index in [0.717, 1.165) is 11.3 Å². The number of fused-ring (bicyclic) bond motifs is 1. The Morgan fingerprint density at radius 2 is 1.93 bits per heavy atom. The lowest BCUT2D eigenvalue weighted by Gasteiger charge is -2.31. The number of hydrogen-bond acceptors (Lipinski definition) is 6. The second-order valence-electron chi connectivity index (χ2n) is 6.08. The third-order valence-electron chi connectivity index (χ3n) is 4.56. The van der Waals surface area contributed by atoms with E-state index in [-0.39, 0.29) is 17.8 Å². The van der Waals surface area contributed by atoms with Crippen molar-refractivity contribution in [2.75, 3.05) is 12.4 Å². The van der Waals surface area contributed by atoms with Crippen LogP contribution in [0, 0.1) is 0 Å². The van der Waals surface area contributed by atoms with Crippen molar-refractivity contribution in [3.8, 4) is 11.5 Å². The lowest BCUT2D eigenvalue weighted by atomic mass is 9.93. The molecule has 1 aliphatic rings. The molecule has 0 radical (unpaired) electrons. The van der Waals surface area contributed by atoms with E-state index in [2.05, 4.69) is 20.8 Å². The summed E-state index contributed by atoms with van der Waals surface area (Å²) in [6.45, 7) is -2.90. The van der Waals surface area contributed by atoms with Crippen LogP contribution in [0.1, 0.15) is 29.6 Å². The topological polar surface area (TPSA) is 74.1 Å². The van der Waals surface area contributed by atoms with Crippen LogP contribution in [0.2, 0.25) is 0 Å². The molecule has 0 spiro atoms. The third kappa shape index (κ3) is 3.40. The fourth-order valence-electron chi connectivity index (χ4n) is 3.31. The maximum absolute atomic E-state index is 12.8. The summed E-state index contributed by atoms with van der Waals surface area (Å²) in [4.78, 5) is 0. The first-order chi connectivity index (χ1) is 13.2. The maximum Gasteiger partial charge on any atom is 0.387 e. The van der Waals surface area contributed by atoms with Gasteiger partial charge in [0.05, 0.1) is 19.2 Å². The Bertz CT molecular complexity index is 916. The quantitative estimate of drug-likeness (QED) is 0.739. The number of alkyl halides is 2. The van der Waals surface area contributed by atoms with Crippen LogP contribution in [0.3, 0.4) is 0 Å². The zero-order valence-corrected chi connectivity index (χ0v) is 14.4. The number of rotatable bonds is 5. The minimum absolute atomic E-state index is 0.0981. The van der Waals surface area contributed by atoms with Gasteiger partial charge in [-0.15, -0.1) is 0 Å². The summed E-state index contributed by atoms with van der Waals surface area (Å²) in [5.41, 5.74) is 1.62. The van der Waals surface area contributed by atoms with Crippen LogP contribution in [0.4, 0.5) is 14.7 Å². The number of tetrazole rings is 1. The summed E-state index contributed by atoms with van der Waals surface area (Å²) in [6, 6.07) is 13.9. The van der Waals surface area contributed by atoms with Gasteiger partial charge < -0.3 is 14.8 Å². The van der Waals surface area contributed by atoms with E-state index in [1.54, 1.807) is 30.0 Å². The number of nitrogens with one attached hydrogen (secondary N) is 1. The van der Waals surface area contributed by atoms with E-state index in [0.29, 0.717) is 17.9 Å². The highest BCUT2D eigenvalue weighted by molar-refractivity contribution is 5.43. The molecule has 7 nitrogen and oxygen atoms in total. The van der Waals surface area contributed by atoms with Crippen LogP contribution in [0.15, 0.2) is 48.5 Å². The van der Waals surface area contributed by atoms with Crippen LogP contribution < -0.4 is 14.8 Å². The molecule has 0 fully saturated rings. The molecule has 27 heavy (non-hydrogen) atoms. The summed E-state index contributed by atoms with van der Waals surface area (Å²) in [7, 11) is 1.61. The lowest BCUT2D eigenvalue weighted by Crippen LogP contribution is -2.28. The summed E-state index contributed by atoms with van der Waals surface area (Å²) in [5.74, 6) is 1.35. The number of benzene rings is 2. The van der Waals surface area contributed by atoms with Gasteiger partial charge in [0.25, 0.3) is 0 Å². The molecule has 1 aliphatic heterocycles. The van der Waals surface area contributed by atoms with E-state index in [4.69, 9.17) is 9.47 Å². The Kier molecular flexibility index (Phi) is 4.57. The first-order valence-corrected chi connectivity index (χ1v) is 8.38. The first-order valence-electron chi connectivity index (χ1n) is 8.38. The Morgan fingerprint density at radius 3 is 2.67 bits per heavy atom. The Morgan fingerprint density at radius 1 is 1.15 bits per heavy atom. The molecule has 2 heterocycles. The minimum Gasteiger partial charge on any atom is -0.497 e. The molecule has 0 unspecified atom stereocenters. The number of anilines is 1. The summed E-state index contributed by atoms with van der Waals surface area (Å²) in [6.07, 6.45) is 0.563. The fourth-order valence-corrected chi connectivity index (χ4v) is 3.31. The van der Waals surface area contributed by atoms with Gasteiger partial charge in [0.2, 0.25) is 5.95 Å². The monoisotopic (exact) mass is 373 g/mol. The highest BCUT2D eigenvalue weighted by atomic mass is 19.3. The molecular weight excluding hydrogens is 356 g/mol. The average Bonchev–Trinajstić information content (AvgIpc) is 3.16. The van der Waals surface area contributed by atoms with Crippen molar-refractivity contribution in [2.45, 2.75) is 25.1 Å². The highest BCUT2D eigenvalue weighted by Crippen LogP contribution is 2.40. The average molecular weight is 373 g/mol. The molecule has 0 amide bonds. The number of hydrogen-bond donors (Lipinski definition) is 1. The molecule has 1 N–H and O–H groups in total. The maximum atomic E-state index is 12.8. The van der Waals surface area contributed by atoms with Crippen LogP contribution >= 0.6 is 0 Å². The van der Waals surface area contributed by atoms with Crippen molar-refractivity contribution in [2.24, 2.45) is 0 Å². The van der Waals surface area contributed by atoms with Crippen molar-refractivity contribution >= 4 is 5.95 Å². The van der Waals surface area contributed by atoms with E-state index in [1.807, 2.05) is 24.3 Å². The third-order valence-corrected chi connectivity index (χ3v) is 4.56. The smallest absolute Gasteiger partial charge is 0.387 e. The predicted octanol–water partition coefficient (Wildman–Crippen LogP) is 3.43. The van der Waals surface area contributed by atoms with E-state index in [1.165, 1.54) is 6.07 Å². The van der Waals surface area contributed by atoms with E-state index >= 15 is 0 Å². The van der Waals surface area contributed by atoms with Gasteiger partial charge in [-0.3, -0.25) is 0 Å². The normalized spacial score (nSPS) is 18.7. The van der Waals surface area contributed by atoms with Crippen LogP contribution in [0.5, 0.6) is 11.5 Å². The van der Waals surface area contributed by atoms with Gasteiger partial charge in [-0.1, -0.05) is 35.4 Å². The Hall–Kier alpha value is -3.23. The van der Waals surface area contributed by atoms with Gasteiger partial charge >= 0.3 is 6.61 Å². The number of methoxy groups -OCH3 is 1. The van der Waals surface area contributed by atoms with Crippen LogP contribution in [-0.4, -0.2) is 33.9 Å². The minimum atomic E-state index is -2.90. The number of para-hydroxylation sites is 1. The number of halogens is 2. The molecular formula is C18H17F2N5O2.